The maximum atomic E-state index is 12.7. The topological polar surface area (TPSA) is 88.6 Å². The van der Waals surface area contributed by atoms with E-state index < -0.39 is 0 Å². The smallest absolute Gasteiger partial charge is 0.242 e. The van der Waals surface area contributed by atoms with E-state index in [1.165, 1.54) is 40.1 Å². The summed E-state index contributed by atoms with van der Waals surface area (Å²) < 4.78 is 16.0. The van der Waals surface area contributed by atoms with Crippen LogP contribution in [0.3, 0.4) is 0 Å². The lowest BCUT2D eigenvalue weighted by molar-refractivity contribution is -0.137. The maximum absolute atomic E-state index is 12.7. The molecule has 1 aromatic carbocycles. The van der Waals surface area contributed by atoms with Gasteiger partial charge in [0.25, 0.3) is 0 Å². The van der Waals surface area contributed by atoms with Crippen LogP contribution in [0, 0.1) is 0 Å². The number of rotatable bonds is 6. The molecule has 0 bridgehead atoms. The Hall–Kier alpha value is -2.97. The van der Waals surface area contributed by atoms with Gasteiger partial charge in [-0.3, -0.25) is 14.4 Å². The first-order valence-electron chi connectivity index (χ1n) is 8.93. The van der Waals surface area contributed by atoms with Gasteiger partial charge >= 0.3 is 0 Å². The summed E-state index contributed by atoms with van der Waals surface area (Å²) in [5, 5.41) is 0. The van der Waals surface area contributed by atoms with E-state index in [1.54, 1.807) is 21.9 Å². The molecule has 0 radical (unpaired) electrons. The van der Waals surface area contributed by atoms with Gasteiger partial charge in [-0.1, -0.05) is 0 Å². The van der Waals surface area contributed by atoms with Crippen molar-refractivity contribution in [1.82, 2.24) is 9.80 Å². The van der Waals surface area contributed by atoms with Gasteiger partial charge in [0, 0.05) is 52.2 Å². The predicted molar refractivity (Wildman–Crippen MR) is 103 cm³/mol. The van der Waals surface area contributed by atoms with E-state index in [0.29, 0.717) is 49.1 Å². The molecule has 2 rings (SSSR count). The summed E-state index contributed by atoms with van der Waals surface area (Å²) in [5.41, 5.74) is 0.470. The molecular weight excluding hydrogens is 366 g/mol. The Morgan fingerprint density at radius 1 is 0.893 bits per heavy atom. The van der Waals surface area contributed by atoms with Gasteiger partial charge in [-0.25, -0.2) is 0 Å². The van der Waals surface area contributed by atoms with E-state index in [9.17, 15) is 14.4 Å². The fourth-order valence-corrected chi connectivity index (χ4v) is 3.11. The van der Waals surface area contributed by atoms with Crippen molar-refractivity contribution < 1.29 is 28.6 Å². The third kappa shape index (κ3) is 4.65. The van der Waals surface area contributed by atoms with E-state index >= 15 is 0 Å². The Bertz CT molecular complexity index is 718. The van der Waals surface area contributed by atoms with Crippen LogP contribution in [0.25, 0.3) is 0 Å². The Labute approximate surface area is 164 Å². The first-order valence-corrected chi connectivity index (χ1v) is 8.93. The van der Waals surface area contributed by atoms with Gasteiger partial charge in [-0.15, -0.1) is 0 Å². The third-order valence-electron chi connectivity index (χ3n) is 4.71. The molecule has 0 N–H and O–H groups in total. The number of hydrogen-bond donors (Lipinski definition) is 0. The van der Waals surface area contributed by atoms with Gasteiger partial charge in [-0.05, 0) is 0 Å². The molecule has 0 unspecified atom stereocenters. The van der Waals surface area contributed by atoms with Crippen molar-refractivity contribution >= 4 is 23.4 Å². The molecule has 0 aromatic heterocycles. The third-order valence-corrected chi connectivity index (χ3v) is 4.71. The number of hydrogen-bond acceptors (Lipinski definition) is 6. The molecule has 9 heteroatoms. The van der Waals surface area contributed by atoms with Crippen LogP contribution in [-0.4, -0.2) is 81.6 Å². The van der Waals surface area contributed by atoms with Crippen LogP contribution in [0.2, 0.25) is 0 Å². The SMILES string of the molecule is COc1cc(N(CC(=O)N2CCN(C(C)=O)CC2)C(C)=O)cc(OC)c1OC. The van der Waals surface area contributed by atoms with Crippen LogP contribution in [0.1, 0.15) is 13.8 Å². The minimum Gasteiger partial charge on any atom is -0.493 e. The standard InChI is InChI=1S/C19H27N3O6/c1-13(23)20-6-8-21(9-7-20)18(25)12-22(14(2)24)15-10-16(26-3)19(28-5)17(11-15)27-4/h10-11H,6-9,12H2,1-5H3. The first-order chi connectivity index (χ1) is 13.3. The normalized spacial score (nSPS) is 13.8. The quantitative estimate of drug-likeness (QED) is 0.709. The summed E-state index contributed by atoms with van der Waals surface area (Å²) in [6, 6.07) is 3.26. The zero-order valence-electron chi connectivity index (χ0n) is 17.0. The summed E-state index contributed by atoms with van der Waals surface area (Å²) in [4.78, 5) is 41.1. The van der Waals surface area contributed by atoms with Crippen molar-refractivity contribution in [2.75, 3.05) is 59.0 Å². The Kier molecular flexibility index (Phi) is 7.08. The van der Waals surface area contributed by atoms with Crippen molar-refractivity contribution in [3.63, 3.8) is 0 Å². The van der Waals surface area contributed by atoms with E-state index in [2.05, 4.69) is 0 Å². The molecule has 1 aromatic rings. The van der Waals surface area contributed by atoms with Crippen molar-refractivity contribution in [3.05, 3.63) is 12.1 Å². The fourth-order valence-electron chi connectivity index (χ4n) is 3.11. The molecule has 1 aliphatic heterocycles. The molecule has 3 amide bonds. The fraction of sp³-hybridized carbons (Fsp3) is 0.526. The van der Waals surface area contributed by atoms with Crippen LogP contribution in [0.15, 0.2) is 12.1 Å². The Morgan fingerprint density at radius 2 is 1.39 bits per heavy atom. The van der Waals surface area contributed by atoms with Crippen LogP contribution in [0.4, 0.5) is 5.69 Å². The van der Waals surface area contributed by atoms with Gasteiger partial charge in [0.05, 0.1) is 27.0 Å². The summed E-state index contributed by atoms with van der Waals surface area (Å²) in [7, 11) is 4.46. The average molecular weight is 393 g/mol. The van der Waals surface area contributed by atoms with Gasteiger partial charge < -0.3 is 28.9 Å². The van der Waals surface area contributed by atoms with Gasteiger partial charge in [-0.2, -0.15) is 0 Å². The molecule has 0 atom stereocenters. The van der Waals surface area contributed by atoms with E-state index in [1.807, 2.05) is 0 Å². The molecule has 28 heavy (non-hydrogen) atoms. The number of benzene rings is 1. The lowest BCUT2D eigenvalue weighted by Gasteiger charge is -2.35. The number of piperazine rings is 1. The summed E-state index contributed by atoms with van der Waals surface area (Å²) in [6.07, 6.45) is 0. The largest absolute Gasteiger partial charge is 0.493 e. The Balaban J connectivity index is 2.21. The number of nitrogens with zero attached hydrogens (tertiary/aromatic N) is 3. The highest BCUT2D eigenvalue weighted by Gasteiger charge is 2.26. The van der Waals surface area contributed by atoms with E-state index in [-0.39, 0.29) is 24.3 Å². The molecule has 1 aliphatic rings. The van der Waals surface area contributed by atoms with Crippen molar-refractivity contribution in [3.8, 4) is 17.2 Å². The van der Waals surface area contributed by atoms with Crippen molar-refractivity contribution in [1.29, 1.82) is 0 Å². The zero-order valence-corrected chi connectivity index (χ0v) is 17.0. The van der Waals surface area contributed by atoms with Gasteiger partial charge in [0.1, 0.15) is 6.54 Å². The first kappa shape index (κ1) is 21.3. The second kappa shape index (κ2) is 9.29. The summed E-state index contributed by atoms with van der Waals surface area (Å²) in [6.45, 7) is 4.66. The monoisotopic (exact) mass is 393 g/mol. The lowest BCUT2D eigenvalue weighted by atomic mass is 10.2. The lowest BCUT2D eigenvalue weighted by Crippen LogP contribution is -2.52. The number of ether oxygens (including phenoxy) is 3. The molecule has 9 nitrogen and oxygen atoms in total. The highest BCUT2D eigenvalue weighted by atomic mass is 16.5. The van der Waals surface area contributed by atoms with Crippen LogP contribution < -0.4 is 19.1 Å². The van der Waals surface area contributed by atoms with Gasteiger partial charge in [0.2, 0.25) is 23.5 Å². The molecule has 1 fully saturated rings. The number of carbonyl (C=O) groups excluding carboxylic acids is 3. The minimum absolute atomic E-state index is 0.00474. The highest BCUT2D eigenvalue weighted by molar-refractivity contribution is 5.98. The second-order valence-electron chi connectivity index (χ2n) is 6.38. The predicted octanol–water partition coefficient (Wildman–Crippen LogP) is 0.756. The summed E-state index contributed by atoms with van der Waals surface area (Å²) >= 11 is 0. The van der Waals surface area contributed by atoms with E-state index in [4.69, 9.17) is 14.2 Å². The van der Waals surface area contributed by atoms with Crippen molar-refractivity contribution in [2.45, 2.75) is 13.8 Å². The van der Waals surface area contributed by atoms with Crippen molar-refractivity contribution in [2.24, 2.45) is 0 Å². The molecule has 1 heterocycles. The van der Waals surface area contributed by atoms with Gasteiger partial charge in [0.15, 0.2) is 11.5 Å². The Morgan fingerprint density at radius 3 is 1.79 bits per heavy atom. The summed E-state index contributed by atoms with van der Waals surface area (Å²) in [5.74, 6) is 0.715. The van der Waals surface area contributed by atoms with E-state index in [0.717, 1.165) is 0 Å². The van der Waals surface area contributed by atoms with Crippen LogP contribution in [0.5, 0.6) is 17.2 Å². The molecule has 0 spiro atoms. The molecular formula is C19H27N3O6. The maximum Gasteiger partial charge on any atom is 0.242 e. The number of anilines is 1. The number of methoxy groups -OCH3 is 3. The number of amides is 3. The molecule has 0 aliphatic carbocycles. The molecule has 154 valence electrons. The highest BCUT2D eigenvalue weighted by Crippen LogP contribution is 2.41. The second-order valence-corrected chi connectivity index (χ2v) is 6.38. The molecule has 0 saturated carbocycles. The zero-order chi connectivity index (χ0) is 20.8. The minimum atomic E-state index is -0.287. The number of carbonyl (C=O) groups is 3. The molecule has 1 saturated heterocycles. The van der Waals surface area contributed by atoms with Crippen LogP contribution in [-0.2, 0) is 14.4 Å². The van der Waals surface area contributed by atoms with Crippen LogP contribution >= 0.6 is 0 Å². The average Bonchev–Trinajstić information content (AvgIpc) is 2.70.